The molecule has 3 fully saturated rings. The van der Waals surface area contributed by atoms with Gasteiger partial charge in [-0.2, -0.15) is 0 Å². The zero-order valence-electron chi connectivity index (χ0n) is 23.0. The Labute approximate surface area is 260 Å². The van der Waals surface area contributed by atoms with Gasteiger partial charge in [-0.25, -0.2) is 28.9 Å². The number of rotatable bonds is 2. The van der Waals surface area contributed by atoms with Gasteiger partial charge >= 0.3 is 14.5 Å². The number of aliphatic hydroxyl groups is 2. The highest BCUT2D eigenvalue weighted by Gasteiger charge is 2.52. The number of nitrogens with zero attached hydrogens (tertiary/aromatic N) is 6. The molecule has 20 nitrogen and oxygen atoms in total. The quantitative estimate of drug-likeness (QED) is 0.141. The number of aromatic nitrogens is 7. The minimum Gasteiger partial charge on any atom is -0.387 e. The van der Waals surface area contributed by atoms with Crippen LogP contribution in [0.2, 0.25) is 0 Å². The van der Waals surface area contributed by atoms with E-state index in [2.05, 4.69) is 24.9 Å². The van der Waals surface area contributed by atoms with Crippen LogP contribution in [0.25, 0.3) is 22.2 Å². The van der Waals surface area contributed by atoms with Crippen molar-refractivity contribution in [2.45, 2.75) is 55.5 Å². The number of nitrogen functional groups attached to an aromatic ring is 1. The predicted molar refractivity (Wildman–Crippen MR) is 152 cm³/mol. The molecule has 4 aromatic heterocycles. The Bertz CT molecular complexity index is 1960. The number of anilines is 1. The van der Waals surface area contributed by atoms with Crippen molar-refractivity contribution in [2.24, 2.45) is 0 Å². The number of phosphoric ester groups is 1. The Morgan fingerprint density at radius 3 is 2.59 bits per heavy atom. The Balaban J connectivity index is 1.18. The molecule has 3 aliphatic heterocycles. The number of hydrogen-bond acceptors (Lipinski definition) is 16. The van der Waals surface area contributed by atoms with Crippen molar-refractivity contribution in [1.29, 1.82) is 0 Å². The first kappa shape index (κ1) is 31.8. The normalized spacial score (nSPS) is 37.4. The molecule has 0 amide bonds. The largest absolute Gasteiger partial charge is 0.472 e. The van der Waals surface area contributed by atoms with E-state index in [0.717, 1.165) is 17.1 Å². The maximum absolute atomic E-state index is 14.8. The van der Waals surface area contributed by atoms with Gasteiger partial charge in [0.05, 0.1) is 32.0 Å². The molecule has 24 heteroatoms. The van der Waals surface area contributed by atoms with Crippen molar-refractivity contribution >= 4 is 54.4 Å². The number of fused-ring (bicyclic) bond motifs is 5. The zero-order chi connectivity index (χ0) is 32.5. The minimum absolute atomic E-state index is 0.0717. The van der Waals surface area contributed by atoms with E-state index in [9.17, 15) is 33.7 Å². The molecule has 0 radical (unpaired) electrons. The summed E-state index contributed by atoms with van der Waals surface area (Å²) in [4.78, 5) is 52.2. The van der Waals surface area contributed by atoms with Gasteiger partial charge in [0.1, 0.15) is 47.8 Å². The van der Waals surface area contributed by atoms with Gasteiger partial charge in [0.2, 0.25) is 0 Å². The molecule has 10 atom stereocenters. The number of ether oxygens (including phenoxy) is 2. The van der Waals surface area contributed by atoms with Crippen LogP contribution in [0.1, 0.15) is 18.9 Å². The highest BCUT2D eigenvalue weighted by atomic mass is 32.5. The van der Waals surface area contributed by atoms with Crippen molar-refractivity contribution in [2.75, 3.05) is 18.9 Å². The maximum atomic E-state index is 14.8. The van der Waals surface area contributed by atoms with E-state index < -0.39 is 87.0 Å². The summed E-state index contributed by atoms with van der Waals surface area (Å²) in [5.41, 5.74) is 5.30. The Morgan fingerprint density at radius 2 is 1.78 bits per heavy atom. The second-order valence-corrected chi connectivity index (χ2v) is 14.7. The summed E-state index contributed by atoms with van der Waals surface area (Å²) >= 11 is 5.18. The van der Waals surface area contributed by atoms with E-state index in [1.165, 1.54) is 17.2 Å². The average molecular weight is 706 g/mol. The molecule has 46 heavy (non-hydrogen) atoms. The molecule has 7 heterocycles. The van der Waals surface area contributed by atoms with Crippen LogP contribution in [-0.4, -0.2) is 104 Å². The summed E-state index contributed by atoms with van der Waals surface area (Å²) in [5.74, 6) is -0.898. The van der Waals surface area contributed by atoms with Gasteiger partial charge in [-0.1, -0.05) is 0 Å². The number of imidazole rings is 1. The van der Waals surface area contributed by atoms with E-state index in [1.54, 1.807) is 0 Å². The van der Waals surface area contributed by atoms with Gasteiger partial charge in [0.25, 0.3) is 5.56 Å². The number of nitrogens with one attached hydrogen (secondary N) is 1. The number of nitrogens with two attached hydrogens (primary N) is 1. The van der Waals surface area contributed by atoms with E-state index in [1.807, 2.05) is 0 Å². The number of H-pyrrole nitrogens is 1. The van der Waals surface area contributed by atoms with Crippen molar-refractivity contribution in [1.82, 2.24) is 34.1 Å². The lowest BCUT2D eigenvalue weighted by atomic mass is 10.1. The van der Waals surface area contributed by atoms with Gasteiger partial charge in [0.15, 0.2) is 35.4 Å². The van der Waals surface area contributed by atoms with Crippen LogP contribution in [-0.2, 0) is 43.9 Å². The number of phosphoric acid groups is 1. The molecule has 248 valence electrons. The highest BCUT2D eigenvalue weighted by Crippen LogP contribution is 2.53. The first-order valence-electron chi connectivity index (χ1n) is 13.5. The summed E-state index contributed by atoms with van der Waals surface area (Å²) in [6, 6.07) is 0. The molecule has 2 bridgehead atoms. The summed E-state index contributed by atoms with van der Waals surface area (Å²) in [7, 11) is -5.02. The highest BCUT2D eigenvalue weighted by molar-refractivity contribution is 8.07. The summed E-state index contributed by atoms with van der Waals surface area (Å²) in [6.45, 7) is -5.38. The summed E-state index contributed by atoms with van der Waals surface area (Å²) in [5, 5.41) is 21.9. The molecule has 3 saturated heterocycles. The third kappa shape index (κ3) is 5.58. The molecule has 7 rings (SSSR count). The summed E-state index contributed by atoms with van der Waals surface area (Å²) < 4.78 is 63.8. The first-order valence-corrected chi connectivity index (χ1v) is 17.6. The lowest BCUT2D eigenvalue weighted by Crippen LogP contribution is -2.37. The lowest BCUT2D eigenvalue weighted by molar-refractivity contribution is -0.0537. The Hall–Kier alpha value is -2.82. The molecule has 0 spiro atoms. The number of hydrogen-bond donors (Lipinski definition) is 6. The number of aliphatic hydroxyl groups excluding tert-OH is 2. The second kappa shape index (κ2) is 11.7. The first-order chi connectivity index (χ1) is 21.8. The van der Waals surface area contributed by atoms with E-state index in [-0.39, 0.29) is 35.7 Å². The van der Waals surface area contributed by atoms with Crippen LogP contribution in [0, 0.1) is 5.82 Å². The van der Waals surface area contributed by atoms with E-state index >= 15 is 0 Å². The average Bonchev–Trinajstić information content (AvgIpc) is 3.73. The molecule has 2 unspecified atom stereocenters. The van der Waals surface area contributed by atoms with Crippen LogP contribution >= 0.6 is 14.5 Å². The third-order valence-corrected chi connectivity index (χ3v) is 10.3. The van der Waals surface area contributed by atoms with Crippen LogP contribution in [0.3, 0.4) is 0 Å². The molecular weight excluding hydrogens is 681 g/mol. The van der Waals surface area contributed by atoms with Crippen LogP contribution in [0.5, 0.6) is 0 Å². The zero-order valence-corrected chi connectivity index (χ0v) is 25.7. The van der Waals surface area contributed by atoms with Crippen LogP contribution < -0.4 is 11.3 Å². The molecule has 4 aromatic rings. The second-order valence-electron chi connectivity index (χ2n) is 10.5. The fourth-order valence-corrected chi connectivity index (χ4v) is 8.04. The van der Waals surface area contributed by atoms with E-state index in [0.29, 0.717) is 0 Å². The molecule has 0 aliphatic carbocycles. The Morgan fingerprint density at radius 1 is 1.00 bits per heavy atom. The van der Waals surface area contributed by atoms with Gasteiger partial charge in [-0.15, -0.1) is 0 Å². The Kier molecular flexibility index (Phi) is 8.08. The maximum Gasteiger partial charge on any atom is 0.472 e. The fraction of sp³-hybridized carbons (Fsp3) is 0.500. The van der Waals surface area contributed by atoms with Gasteiger partial charge in [0, 0.05) is 12.6 Å². The van der Waals surface area contributed by atoms with Crippen molar-refractivity contribution in [3.05, 3.63) is 41.3 Å². The minimum atomic E-state index is -5.02. The van der Waals surface area contributed by atoms with Gasteiger partial charge in [-0.3, -0.25) is 22.9 Å². The monoisotopic (exact) mass is 706 g/mol. The molecular formula is C22H25FN8O12P2S. The topological polar surface area (TPSA) is 274 Å². The molecule has 3 aliphatic rings. The van der Waals surface area contributed by atoms with Crippen molar-refractivity contribution < 1.29 is 56.5 Å². The number of halogens is 1. The SMILES string of the molecule is Nc1ncnc2c1ncn2[C@@H]1O[C@@H]2CCOP(O)(=S)O[C@@H]3[C@H](O)[C@@H](COP(=O)(O)O[C@H]2[C@H]1O)O[C@H]3n1cc(F)c2c(=O)[nH]cnc21. The van der Waals surface area contributed by atoms with Gasteiger partial charge < -0.3 is 49.3 Å². The number of aromatic amines is 1. The fourth-order valence-electron chi connectivity index (χ4n) is 5.63. The molecule has 7 N–H and O–H groups in total. The molecule has 0 saturated carbocycles. The summed E-state index contributed by atoms with van der Waals surface area (Å²) in [6.07, 6.45) is -7.46. The van der Waals surface area contributed by atoms with Crippen molar-refractivity contribution in [3.63, 3.8) is 0 Å². The predicted octanol–water partition coefficient (Wildman–Crippen LogP) is -0.673. The van der Waals surface area contributed by atoms with Crippen molar-refractivity contribution in [3.8, 4) is 0 Å². The smallest absolute Gasteiger partial charge is 0.387 e. The van der Waals surface area contributed by atoms with Gasteiger partial charge in [-0.05, 0) is 11.8 Å². The van der Waals surface area contributed by atoms with E-state index in [4.69, 9.17) is 45.1 Å². The van der Waals surface area contributed by atoms with Crippen LogP contribution in [0.4, 0.5) is 10.2 Å². The van der Waals surface area contributed by atoms with Crippen LogP contribution in [0.15, 0.2) is 30.0 Å². The molecule has 0 aromatic carbocycles. The third-order valence-electron chi connectivity index (χ3n) is 7.70. The standard InChI is InChI=1S/C22H25FN8O12P2S/c23-8-3-30(18-11(8)20(34)28-6-26-18)22-16-13(32)10(41-22)4-39-44(35,36)42-15-9(1-2-38-45(37,46)43-16)40-21(14(15)33)31-7-29-12-17(24)25-5-27-19(12)31/h3,5-7,9-10,13-16,21-22,32-33H,1-2,4H2,(H,35,36)(H,37,46)(H2,24,25,27)(H,26,28,34)/t9-,10-,13-,14-,15-,16-,21-,22-,45?/m1/s1. The lowest BCUT2D eigenvalue weighted by Gasteiger charge is -2.27.